The minimum absolute atomic E-state index is 0.00908. The van der Waals surface area contributed by atoms with E-state index in [1.807, 2.05) is 67.6 Å². The second kappa shape index (κ2) is 12.5. The average molecular weight is 425 g/mol. The van der Waals surface area contributed by atoms with Gasteiger partial charge in [-0.05, 0) is 61.1 Å². The third-order valence-electron chi connectivity index (χ3n) is 5.44. The van der Waals surface area contributed by atoms with E-state index < -0.39 is 0 Å². The Kier molecular flexibility index (Phi) is 9.06. The van der Waals surface area contributed by atoms with Crippen LogP contribution < -0.4 is 4.74 Å². The van der Waals surface area contributed by atoms with Crippen LogP contribution in [0, 0.1) is 0 Å². The van der Waals surface area contributed by atoms with Gasteiger partial charge in [0.05, 0.1) is 6.61 Å². The van der Waals surface area contributed by atoms with Crippen LogP contribution in [0.2, 0.25) is 0 Å². The first-order valence-corrected chi connectivity index (χ1v) is 11.4. The minimum Gasteiger partial charge on any atom is -0.494 e. The molecule has 0 radical (unpaired) electrons. The fourth-order valence-corrected chi connectivity index (χ4v) is 3.48. The Morgan fingerprint density at radius 3 is 2.19 bits per heavy atom. The Morgan fingerprint density at radius 2 is 1.50 bits per heavy atom. The number of carbonyl (C=O) groups is 1. The first-order chi connectivity index (χ1) is 15.6. The molecule has 0 aliphatic carbocycles. The van der Waals surface area contributed by atoms with Crippen molar-refractivity contribution in [3.63, 3.8) is 0 Å². The summed E-state index contributed by atoms with van der Waals surface area (Å²) in [5, 5.41) is 0. The van der Waals surface area contributed by atoms with Gasteiger partial charge in [-0.2, -0.15) is 0 Å². The molecule has 2 heteroatoms. The Balaban J connectivity index is 1.30. The molecule has 0 fully saturated rings. The predicted molar refractivity (Wildman–Crippen MR) is 135 cm³/mol. The van der Waals surface area contributed by atoms with Crippen LogP contribution in [-0.2, 0) is 6.42 Å². The minimum atomic E-state index is 0.00908. The molecule has 3 aromatic carbocycles. The number of aryl methyl sites for hydroxylation is 1. The van der Waals surface area contributed by atoms with Gasteiger partial charge in [0, 0.05) is 5.56 Å². The van der Waals surface area contributed by atoms with Crippen molar-refractivity contribution in [2.45, 2.75) is 39.0 Å². The zero-order valence-electron chi connectivity index (χ0n) is 18.9. The van der Waals surface area contributed by atoms with Crippen LogP contribution >= 0.6 is 0 Å². The van der Waals surface area contributed by atoms with Crippen LogP contribution in [0.4, 0.5) is 0 Å². The van der Waals surface area contributed by atoms with Gasteiger partial charge in [-0.3, -0.25) is 4.79 Å². The van der Waals surface area contributed by atoms with E-state index in [9.17, 15) is 4.79 Å². The molecule has 0 amide bonds. The molecule has 0 aliphatic rings. The maximum absolute atomic E-state index is 12.1. The molecule has 3 rings (SSSR count). The van der Waals surface area contributed by atoms with Gasteiger partial charge in [0.1, 0.15) is 5.75 Å². The summed E-state index contributed by atoms with van der Waals surface area (Å²) in [5.74, 6) is 0.879. The normalized spacial score (nSPS) is 10.9. The molecular weight excluding hydrogens is 392 g/mol. The quantitative estimate of drug-likeness (QED) is 0.168. The number of hydrogen-bond acceptors (Lipinski definition) is 2. The number of benzene rings is 3. The van der Waals surface area contributed by atoms with Crippen molar-refractivity contribution >= 4 is 17.4 Å². The van der Waals surface area contributed by atoms with E-state index in [1.54, 1.807) is 6.08 Å². The van der Waals surface area contributed by atoms with Crippen LogP contribution in [-0.4, -0.2) is 12.4 Å². The van der Waals surface area contributed by atoms with E-state index in [-0.39, 0.29) is 5.78 Å². The van der Waals surface area contributed by atoms with E-state index in [0.29, 0.717) is 5.56 Å². The molecule has 0 bridgehead atoms. The molecule has 0 saturated heterocycles. The van der Waals surface area contributed by atoms with Gasteiger partial charge in [0.2, 0.25) is 0 Å². The number of allylic oxidation sites excluding steroid dienone is 2. The molecule has 0 saturated carbocycles. The molecule has 0 heterocycles. The first-order valence-electron chi connectivity index (χ1n) is 11.4. The molecule has 0 N–H and O–H groups in total. The summed E-state index contributed by atoms with van der Waals surface area (Å²) in [4.78, 5) is 12.1. The first kappa shape index (κ1) is 23.3. The van der Waals surface area contributed by atoms with Gasteiger partial charge < -0.3 is 4.74 Å². The highest BCUT2D eigenvalue weighted by Crippen LogP contribution is 2.16. The fourth-order valence-electron chi connectivity index (χ4n) is 3.48. The lowest BCUT2D eigenvalue weighted by Gasteiger charge is -2.07. The summed E-state index contributed by atoms with van der Waals surface area (Å²) in [6, 6.07) is 25.9. The number of unbranched alkanes of at least 4 members (excludes halogenated alkanes) is 3. The summed E-state index contributed by atoms with van der Waals surface area (Å²) in [6.45, 7) is 6.75. The van der Waals surface area contributed by atoms with Gasteiger partial charge in [0.25, 0.3) is 0 Å². The van der Waals surface area contributed by atoms with Crippen molar-refractivity contribution in [1.29, 1.82) is 0 Å². The van der Waals surface area contributed by atoms with E-state index in [0.717, 1.165) is 36.3 Å². The summed E-state index contributed by atoms with van der Waals surface area (Å²) < 4.78 is 5.86. The van der Waals surface area contributed by atoms with Gasteiger partial charge in [-0.15, -0.1) is 0 Å². The van der Waals surface area contributed by atoms with Crippen molar-refractivity contribution in [1.82, 2.24) is 0 Å². The molecule has 0 atom stereocenters. The van der Waals surface area contributed by atoms with Crippen LogP contribution in [0.1, 0.15) is 59.7 Å². The Hall–Kier alpha value is -3.39. The van der Waals surface area contributed by atoms with Gasteiger partial charge in [-0.25, -0.2) is 0 Å². The van der Waals surface area contributed by atoms with Crippen molar-refractivity contribution in [2.24, 2.45) is 0 Å². The lowest BCUT2D eigenvalue weighted by atomic mass is 10.0. The molecule has 0 aliphatic heterocycles. The molecule has 3 aromatic rings. The molecular formula is C30H32O2. The van der Waals surface area contributed by atoms with Gasteiger partial charge in [-0.1, -0.05) is 97.8 Å². The van der Waals surface area contributed by atoms with Crippen LogP contribution in [0.3, 0.4) is 0 Å². The van der Waals surface area contributed by atoms with E-state index >= 15 is 0 Å². The summed E-state index contributed by atoms with van der Waals surface area (Å²) in [7, 11) is 0. The van der Waals surface area contributed by atoms with Crippen molar-refractivity contribution in [3.05, 3.63) is 114 Å². The van der Waals surface area contributed by atoms with E-state index in [4.69, 9.17) is 4.74 Å². The number of rotatable bonds is 12. The third kappa shape index (κ3) is 7.70. The number of hydrogen-bond donors (Lipinski definition) is 0. The Bertz CT molecular complexity index is 1010. The highest BCUT2D eigenvalue weighted by Gasteiger charge is 2.00. The monoisotopic (exact) mass is 424 g/mol. The van der Waals surface area contributed by atoms with Gasteiger partial charge >= 0.3 is 0 Å². The average Bonchev–Trinajstić information content (AvgIpc) is 2.83. The lowest BCUT2D eigenvalue weighted by molar-refractivity contribution is 0.104. The maximum atomic E-state index is 12.1. The molecule has 0 aromatic heterocycles. The third-order valence-corrected chi connectivity index (χ3v) is 5.44. The molecule has 0 spiro atoms. The van der Waals surface area contributed by atoms with E-state index in [2.05, 4.69) is 30.8 Å². The van der Waals surface area contributed by atoms with Crippen LogP contribution in [0.25, 0.3) is 11.6 Å². The predicted octanol–water partition coefficient (Wildman–Crippen LogP) is 7.80. The summed E-state index contributed by atoms with van der Waals surface area (Å²) in [5.41, 5.74) is 5.41. The standard InChI is InChI=1S/C30H32O2/c1-24(2)27-18-13-25(14-19-27)10-6-3-4-9-23-32-29-20-15-26(16-21-29)17-22-30(31)28-11-7-5-8-12-28/h5,7-8,11-22H,1,3-4,6,9-10,23H2,2H3/b22-17+. The number of ketones is 1. The van der Waals surface area contributed by atoms with Crippen molar-refractivity contribution < 1.29 is 9.53 Å². The Labute approximate surface area is 192 Å². The maximum Gasteiger partial charge on any atom is 0.185 e. The van der Waals surface area contributed by atoms with Crippen molar-refractivity contribution in [2.75, 3.05) is 6.61 Å². The second-order valence-electron chi connectivity index (χ2n) is 8.12. The summed E-state index contributed by atoms with van der Waals surface area (Å²) >= 11 is 0. The van der Waals surface area contributed by atoms with E-state index in [1.165, 1.54) is 30.4 Å². The largest absolute Gasteiger partial charge is 0.494 e. The topological polar surface area (TPSA) is 26.3 Å². The number of carbonyl (C=O) groups excluding carboxylic acids is 1. The SMILES string of the molecule is C=C(C)c1ccc(CCCCCCOc2ccc(/C=C/C(=O)c3ccccc3)cc2)cc1. The molecule has 2 nitrogen and oxygen atoms in total. The smallest absolute Gasteiger partial charge is 0.185 e. The van der Waals surface area contributed by atoms with Crippen LogP contribution in [0.15, 0.2) is 91.5 Å². The van der Waals surface area contributed by atoms with Crippen LogP contribution in [0.5, 0.6) is 5.75 Å². The fraction of sp³-hybridized carbons (Fsp3) is 0.233. The molecule has 0 unspecified atom stereocenters. The molecule has 32 heavy (non-hydrogen) atoms. The zero-order valence-corrected chi connectivity index (χ0v) is 18.9. The summed E-state index contributed by atoms with van der Waals surface area (Å²) in [6.07, 6.45) is 9.22. The second-order valence-corrected chi connectivity index (χ2v) is 8.12. The number of ether oxygens (including phenoxy) is 1. The highest BCUT2D eigenvalue weighted by atomic mass is 16.5. The van der Waals surface area contributed by atoms with Crippen molar-refractivity contribution in [3.8, 4) is 5.75 Å². The lowest BCUT2D eigenvalue weighted by Crippen LogP contribution is -1.97. The highest BCUT2D eigenvalue weighted by molar-refractivity contribution is 6.06. The molecule has 164 valence electrons. The van der Waals surface area contributed by atoms with Gasteiger partial charge in [0.15, 0.2) is 5.78 Å². The Morgan fingerprint density at radius 1 is 0.812 bits per heavy atom. The zero-order chi connectivity index (χ0) is 22.6.